The van der Waals surface area contributed by atoms with Crippen molar-refractivity contribution in [2.75, 3.05) is 0 Å². The molecule has 0 atom stereocenters. The van der Waals surface area contributed by atoms with Crippen LogP contribution in [0.5, 0.6) is 0 Å². The van der Waals surface area contributed by atoms with Crippen LogP contribution in [0.2, 0.25) is 0 Å². The Labute approximate surface area is 50.8 Å². The Hall–Kier alpha value is -0.210. The lowest BCUT2D eigenvalue weighted by molar-refractivity contribution is 1.76. The molecule has 0 spiro atoms. The second-order valence-electron chi connectivity index (χ2n) is 1.08. The highest BCUT2D eigenvalue weighted by atomic mass is 32.2. The molecule has 1 heterocycles. The molecule has 0 aliphatic carbocycles. The quantitative estimate of drug-likeness (QED) is 0.399. The first kappa shape index (κ1) is 4.94. The second-order valence-corrected chi connectivity index (χ2v) is 3.01. The van der Waals surface area contributed by atoms with Crippen molar-refractivity contribution in [1.82, 2.24) is 0 Å². The van der Waals surface area contributed by atoms with Crippen molar-refractivity contribution in [3.05, 3.63) is 17.5 Å². The Morgan fingerprint density at radius 2 is 2.57 bits per heavy atom. The van der Waals surface area contributed by atoms with E-state index >= 15 is 0 Å². The summed E-state index contributed by atoms with van der Waals surface area (Å²) in [5, 5.41) is 2.05. The maximum absolute atomic E-state index is 3.66. The first-order valence-electron chi connectivity index (χ1n) is 1.89. The van der Waals surface area contributed by atoms with E-state index < -0.39 is 0 Å². The van der Waals surface area contributed by atoms with Gasteiger partial charge in [0.15, 0.2) is 5.87 Å². The SMILES string of the molecule is C=[S+]c1cccs1. The third-order valence-electron chi connectivity index (χ3n) is 0.637. The van der Waals surface area contributed by atoms with Gasteiger partial charge in [0.2, 0.25) is 11.4 Å². The fraction of sp³-hybridized carbons (Fsp3) is 0. The highest BCUT2D eigenvalue weighted by Gasteiger charge is 1.94. The predicted octanol–water partition coefficient (Wildman–Crippen LogP) is 1.62. The van der Waals surface area contributed by atoms with Gasteiger partial charge in [-0.05, 0) is 11.4 Å². The fourth-order valence-electron chi connectivity index (χ4n) is 0.346. The van der Waals surface area contributed by atoms with Gasteiger partial charge in [-0.15, -0.1) is 0 Å². The number of thiophene rings is 1. The molecule has 1 rings (SSSR count). The van der Waals surface area contributed by atoms with Crippen LogP contribution in [0.3, 0.4) is 0 Å². The molecule has 0 unspecified atom stereocenters. The average molecular weight is 129 g/mol. The molecule has 0 aromatic carbocycles. The molecule has 7 heavy (non-hydrogen) atoms. The van der Waals surface area contributed by atoms with Crippen LogP contribution in [0.15, 0.2) is 21.7 Å². The third-order valence-corrected chi connectivity index (χ3v) is 2.36. The van der Waals surface area contributed by atoms with Crippen LogP contribution in [-0.2, 0) is 11.4 Å². The van der Waals surface area contributed by atoms with Crippen molar-refractivity contribution in [3.8, 4) is 0 Å². The zero-order chi connectivity index (χ0) is 5.11. The molecule has 1 aromatic heterocycles. The number of hydrogen-bond donors (Lipinski definition) is 0. The maximum atomic E-state index is 3.66. The highest BCUT2D eigenvalue weighted by molar-refractivity contribution is 7.78. The summed E-state index contributed by atoms with van der Waals surface area (Å²) in [5.41, 5.74) is 0. The third kappa shape index (κ3) is 1.08. The van der Waals surface area contributed by atoms with Crippen LogP contribution >= 0.6 is 11.3 Å². The van der Waals surface area contributed by atoms with E-state index in [-0.39, 0.29) is 0 Å². The van der Waals surface area contributed by atoms with Crippen molar-refractivity contribution in [3.63, 3.8) is 0 Å². The second kappa shape index (κ2) is 2.19. The van der Waals surface area contributed by atoms with Crippen LogP contribution in [0.4, 0.5) is 0 Å². The Morgan fingerprint density at radius 1 is 1.71 bits per heavy atom. The summed E-state index contributed by atoms with van der Waals surface area (Å²) in [4.78, 5) is 0. The van der Waals surface area contributed by atoms with Crippen LogP contribution in [-0.4, -0.2) is 5.87 Å². The predicted molar refractivity (Wildman–Crippen MR) is 37.1 cm³/mol. The van der Waals surface area contributed by atoms with Gasteiger partial charge in [0.1, 0.15) is 0 Å². The van der Waals surface area contributed by atoms with Gasteiger partial charge in [0.25, 0.3) is 4.21 Å². The van der Waals surface area contributed by atoms with Crippen molar-refractivity contribution in [2.24, 2.45) is 0 Å². The minimum absolute atomic E-state index is 1.28. The first-order chi connectivity index (χ1) is 3.43. The summed E-state index contributed by atoms with van der Waals surface area (Å²) in [6.07, 6.45) is 0. The zero-order valence-corrected chi connectivity index (χ0v) is 5.39. The van der Waals surface area contributed by atoms with Crippen molar-refractivity contribution in [1.29, 1.82) is 0 Å². The van der Waals surface area contributed by atoms with Crippen LogP contribution in [0.25, 0.3) is 0 Å². The zero-order valence-electron chi connectivity index (χ0n) is 3.76. The van der Waals surface area contributed by atoms with Crippen LogP contribution in [0.1, 0.15) is 0 Å². The molecule has 0 amide bonds. The summed E-state index contributed by atoms with van der Waals surface area (Å²) < 4.78 is 1.28. The molecular formula is C5H5S2+. The van der Waals surface area contributed by atoms with E-state index in [4.69, 9.17) is 0 Å². The molecule has 0 bridgehead atoms. The summed E-state index contributed by atoms with van der Waals surface area (Å²) in [7, 11) is 0. The van der Waals surface area contributed by atoms with E-state index in [0.717, 1.165) is 0 Å². The standard InChI is InChI=1S/C5H5S2/c1-6-5-3-2-4-7-5/h2-4H,1H2/q+1. The van der Waals surface area contributed by atoms with E-state index in [1.165, 1.54) is 4.21 Å². The maximum Gasteiger partial charge on any atom is 0.284 e. The fourth-order valence-corrected chi connectivity index (χ4v) is 1.41. The Balaban J connectivity index is 2.96. The van der Waals surface area contributed by atoms with E-state index in [9.17, 15) is 0 Å². The minimum Gasteiger partial charge on any atom is -0.0845 e. The summed E-state index contributed by atoms with van der Waals surface area (Å²) in [5.74, 6) is 3.66. The molecule has 0 N–H and O–H groups in total. The number of rotatable bonds is 1. The van der Waals surface area contributed by atoms with E-state index in [0.29, 0.717) is 0 Å². The Bertz CT molecular complexity index is 141. The summed E-state index contributed by atoms with van der Waals surface area (Å²) in [6.45, 7) is 0. The Kier molecular flexibility index (Phi) is 1.54. The van der Waals surface area contributed by atoms with Crippen molar-refractivity contribution >= 4 is 28.6 Å². The lowest BCUT2D eigenvalue weighted by Gasteiger charge is -1.52. The largest absolute Gasteiger partial charge is 0.284 e. The molecule has 0 saturated carbocycles. The molecule has 1 aromatic rings. The minimum atomic E-state index is 1.28. The van der Waals surface area contributed by atoms with E-state index in [2.05, 4.69) is 11.9 Å². The number of hydrogen-bond acceptors (Lipinski definition) is 1. The molecule has 0 aliphatic rings. The Morgan fingerprint density at radius 3 is 2.86 bits per heavy atom. The van der Waals surface area contributed by atoms with Gasteiger partial charge in [0, 0.05) is 6.07 Å². The van der Waals surface area contributed by atoms with Crippen LogP contribution < -0.4 is 0 Å². The van der Waals surface area contributed by atoms with Gasteiger partial charge >= 0.3 is 0 Å². The lowest BCUT2D eigenvalue weighted by Crippen LogP contribution is -1.53. The van der Waals surface area contributed by atoms with E-state index in [1.54, 1.807) is 22.7 Å². The normalized spacial score (nSPS) is 8.57. The molecule has 2 heteroatoms. The van der Waals surface area contributed by atoms with Gasteiger partial charge < -0.3 is 0 Å². The molecular weight excluding hydrogens is 124 g/mol. The van der Waals surface area contributed by atoms with Crippen LogP contribution in [0, 0.1) is 0 Å². The molecule has 0 radical (unpaired) electrons. The van der Waals surface area contributed by atoms with Gasteiger partial charge in [-0.3, -0.25) is 0 Å². The van der Waals surface area contributed by atoms with Crippen molar-refractivity contribution in [2.45, 2.75) is 4.21 Å². The van der Waals surface area contributed by atoms with Gasteiger partial charge in [-0.2, -0.15) is 0 Å². The van der Waals surface area contributed by atoms with Gasteiger partial charge in [0.05, 0.1) is 0 Å². The molecule has 0 fully saturated rings. The molecule has 0 saturated heterocycles. The van der Waals surface area contributed by atoms with Gasteiger partial charge in [-0.1, -0.05) is 11.3 Å². The topological polar surface area (TPSA) is 0 Å². The molecule has 0 nitrogen and oxygen atoms in total. The summed E-state index contributed by atoms with van der Waals surface area (Å²) in [6, 6.07) is 4.08. The molecule has 0 aliphatic heterocycles. The smallest absolute Gasteiger partial charge is 0.0845 e. The first-order valence-corrected chi connectivity index (χ1v) is 3.75. The van der Waals surface area contributed by atoms with Gasteiger partial charge in [-0.25, -0.2) is 0 Å². The lowest BCUT2D eigenvalue weighted by atomic mass is 10.7. The summed E-state index contributed by atoms with van der Waals surface area (Å²) >= 11 is 3.27. The highest BCUT2D eigenvalue weighted by Crippen LogP contribution is 2.06. The van der Waals surface area contributed by atoms with E-state index in [1.807, 2.05) is 11.4 Å². The monoisotopic (exact) mass is 129 g/mol. The average Bonchev–Trinajstić information content (AvgIpc) is 2.14. The molecule has 36 valence electrons. The van der Waals surface area contributed by atoms with Crippen molar-refractivity contribution < 1.29 is 0 Å².